The van der Waals surface area contributed by atoms with Crippen molar-refractivity contribution in [3.05, 3.63) is 83.4 Å². The Morgan fingerprint density at radius 3 is 2.21 bits per heavy atom. The third kappa shape index (κ3) is 10.0. The molecule has 0 unspecified atom stereocenters. The third-order valence-electron chi connectivity index (χ3n) is 10.4. The van der Waals surface area contributed by atoms with Gasteiger partial charge in [0.1, 0.15) is 6.04 Å². The number of rotatable bonds is 12. The van der Waals surface area contributed by atoms with Crippen LogP contribution in [0.25, 0.3) is 22.5 Å². The maximum Gasteiger partial charge on any atom is 0.404 e. The van der Waals surface area contributed by atoms with Crippen LogP contribution in [0.15, 0.2) is 66.7 Å². The van der Waals surface area contributed by atoms with Gasteiger partial charge in [-0.2, -0.15) is 5.21 Å². The van der Waals surface area contributed by atoms with Gasteiger partial charge < -0.3 is 31.5 Å². The van der Waals surface area contributed by atoms with Crippen LogP contribution in [0.5, 0.6) is 0 Å². The normalized spacial score (nSPS) is 20.5. The molecule has 1 aromatic heterocycles. The molecule has 7 N–H and O–H groups in total. The molecule has 14 nitrogen and oxygen atoms in total. The number of carbonyl (C=O) groups is 4. The summed E-state index contributed by atoms with van der Waals surface area (Å²) in [5.74, 6) is -0.334. The molecule has 2 saturated carbocycles. The summed E-state index contributed by atoms with van der Waals surface area (Å²) in [7, 11) is 0. The van der Waals surface area contributed by atoms with Gasteiger partial charge in [0.25, 0.3) is 5.91 Å². The minimum absolute atomic E-state index is 0.0699. The first-order valence-electron chi connectivity index (χ1n) is 18.2. The molecule has 1 atom stereocenters. The summed E-state index contributed by atoms with van der Waals surface area (Å²) in [6, 6.07) is 19.7. The molecule has 0 bridgehead atoms. The largest absolute Gasteiger partial charge is 0.465 e. The van der Waals surface area contributed by atoms with Gasteiger partial charge in [0.2, 0.25) is 17.6 Å². The van der Waals surface area contributed by atoms with Gasteiger partial charge >= 0.3 is 6.09 Å². The molecular weight excluding hydrogens is 676 g/mol. The number of benzene rings is 3. The smallest absolute Gasteiger partial charge is 0.404 e. The lowest BCUT2D eigenvalue weighted by Crippen LogP contribution is -2.48. The number of nitrogens with zero attached hydrogens (tertiary/aromatic N) is 3. The second-order valence-corrected chi connectivity index (χ2v) is 14.2. The number of H-pyrrole nitrogens is 1. The number of hydrogen-bond donors (Lipinski definition) is 7. The molecule has 0 radical (unpaired) electrons. The SMILES string of the molecule is Cc1cc(C(=O)N[C@H]2CC[C@H](O)CC2)ccc1-c1ccc(C[C@H](NC(=O)[C@H]2CC[C@H](CNC(=O)O)CC2)C(=O)Nc2ccc(-c3nn[nH]n3)cc2)cc1. The Morgan fingerprint density at radius 2 is 1.57 bits per heavy atom. The van der Waals surface area contributed by atoms with Crippen molar-refractivity contribution in [2.24, 2.45) is 11.8 Å². The fourth-order valence-electron chi connectivity index (χ4n) is 7.25. The highest BCUT2D eigenvalue weighted by Gasteiger charge is 2.30. The highest BCUT2D eigenvalue weighted by atomic mass is 16.4. The van der Waals surface area contributed by atoms with Gasteiger partial charge in [-0.15, -0.1) is 10.2 Å². The lowest BCUT2D eigenvalue weighted by atomic mass is 9.81. The summed E-state index contributed by atoms with van der Waals surface area (Å²) < 4.78 is 0. The molecule has 2 aliphatic carbocycles. The topological polar surface area (TPSA) is 211 Å². The van der Waals surface area contributed by atoms with Crippen molar-refractivity contribution >= 4 is 29.5 Å². The third-order valence-corrected chi connectivity index (χ3v) is 10.4. The second kappa shape index (κ2) is 17.3. The summed E-state index contributed by atoms with van der Waals surface area (Å²) in [6.07, 6.45) is 4.54. The predicted octanol–water partition coefficient (Wildman–Crippen LogP) is 4.62. The number of aliphatic hydroxyl groups excluding tert-OH is 1. The van der Waals surface area contributed by atoms with Crippen LogP contribution in [0, 0.1) is 18.8 Å². The Labute approximate surface area is 307 Å². The van der Waals surface area contributed by atoms with Crippen molar-refractivity contribution in [2.45, 2.75) is 82.9 Å². The van der Waals surface area contributed by atoms with E-state index in [-0.39, 0.29) is 48.1 Å². The number of aliphatic hydroxyl groups is 1. The predicted molar refractivity (Wildman–Crippen MR) is 198 cm³/mol. The van der Waals surface area contributed by atoms with Crippen molar-refractivity contribution < 1.29 is 29.4 Å². The first-order valence-corrected chi connectivity index (χ1v) is 18.2. The molecule has 3 aromatic carbocycles. The molecule has 4 aromatic rings. The van der Waals surface area contributed by atoms with Gasteiger partial charge in [-0.05, 0) is 128 Å². The molecule has 0 saturated heterocycles. The van der Waals surface area contributed by atoms with Crippen molar-refractivity contribution in [3.63, 3.8) is 0 Å². The molecule has 1 heterocycles. The molecule has 2 fully saturated rings. The van der Waals surface area contributed by atoms with Crippen LogP contribution in [-0.2, 0) is 16.0 Å². The van der Waals surface area contributed by atoms with Crippen LogP contribution in [0.1, 0.15) is 72.9 Å². The summed E-state index contributed by atoms with van der Waals surface area (Å²) >= 11 is 0. The minimum atomic E-state index is -1.05. The van der Waals surface area contributed by atoms with E-state index in [0.29, 0.717) is 49.3 Å². The van der Waals surface area contributed by atoms with Gasteiger partial charge in [-0.1, -0.05) is 30.3 Å². The number of amides is 4. The summed E-state index contributed by atoms with van der Waals surface area (Å²) in [5, 5.41) is 44.2. The number of hydrogen-bond acceptors (Lipinski definition) is 8. The second-order valence-electron chi connectivity index (χ2n) is 14.2. The Bertz CT molecular complexity index is 1870. The van der Waals surface area contributed by atoms with E-state index in [1.54, 1.807) is 24.3 Å². The molecule has 278 valence electrons. The standard InChI is InChI=1S/C39H46N8O6/c1-23-20-29(37(50)41-31-15-17-32(48)18-16-31)12-19-33(23)26-6-2-24(3-7-26)21-34(43-36(49)28-8-4-25(5-9-28)22-40-39(52)53)38(51)42-30-13-10-27(11-14-30)35-44-46-47-45-35/h2-3,6-7,10-14,19-20,25,28,31-32,34,40,48H,4-5,8-9,15-18,21-22H2,1H3,(H,41,50)(H,42,51)(H,43,49)(H,52,53)(H,44,45,46,47)/t25-,28-,31-,32-,34-/m0/s1. The number of anilines is 1. The van der Waals surface area contributed by atoms with Gasteiger partial charge in [-0.25, -0.2) is 4.79 Å². The van der Waals surface area contributed by atoms with Crippen molar-refractivity contribution in [1.82, 2.24) is 36.6 Å². The van der Waals surface area contributed by atoms with Crippen LogP contribution in [0.4, 0.5) is 10.5 Å². The molecule has 6 rings (SSSR count). The quantitative estimate of drug-likeness (QED) is 0.109. The Kier molecular flexibility index (Phi) is 12.1. The van der Waals surface area contributed by atoms with Gasteiger partial charge in [-0.3, -0.25) is 14.4 Å². The van der Waals surface area contributed by atoms with E-state index in [4.69, 9.17) is 5.11 Å². The highest BCUT2D eigenvalue weighted by molar-refractivity contribution is 5.98. The van der Waals surface area contributed by atoms with E-state index in [0.717, 1.165) is 53.5 Å². The maximum absolute atomic E-state index is 13.7. The Hall–Kier alpha value is -5.63. The summed E-state index contributed by atoms with van der Waals surface area (Å²) in [6.45, 7) is 2.33. The monoisotopic (exact) mass is 722 g/mol. The number of tetrazole rings is 1. The van der Waals surface area contributed by atoms with Crippen LogP contribution in [-0.4, -0.2) is 79.4 Å². The van der Waals surface area contributed by atoms with E-state index in [9.17, 15) is 24.3 Å². The molecular formula is C39H46N8O6. The number of aromatic nitrogens is 4. The molecule has 0 aliphatic heterocycles. The zero-order chi connectivity index (χ0) is 37.3. The van der Waals surface area contributed by atoms with Gasteiger partial charge in [0.05, 0.1) is 6.10 Å². The van der Waals surface area contributed by atoms with Crippen molar-refractivity contribution in [3.8, 4) is 22.5 Å². The lowest BCUT2D eigenvalue weighted by molar-refractivity contribution is -0.130. The van der Waals surface area contributed by atoms with E-state index >= 15 is 0 Å². The fourth-order valence-corrected chi connectivity index (χ4v) is 7.25. The molecule has 4 amide bonds. The zero-order valence-electron chi connectivity index (χ0n) is 29.7. The molecule has 2 aliphatic rings. The number of carboxylic acid groups (broad SMARTS) is 1. The van der Waals surface area contributed by atoms with E-state index < -0.39 is 12.1 Å². The highest BCUT2D eigenvalue weighted by Crippen LogP contribution is 2.30. The molecule has 14 heteroatoms. The molecule has 0 spiro atoms. The average Bonchev–Trinajstić information content (AvgIpc) is 3.71. The number of aryl methyl sites for hydroxylation is 1. The average molecular weight is 723 g/mol. The van der Waals surface area contributed by atoms with E-state index in [1.165, 1.54) is 0 Å². The lowest BCUT2D eigenvalue weighted by Gasteiger charge is -2.29. The number of carbonyl (C=O) groups excluding carboxylic acids is 3. The fraction of sp³-hybridized carbons (Fsp3) is 0.410. The van der Waals surface area contributed by atoms with Crippen LogP contribution >= 0.6 is 0 Å². The van der Waals surface area contributed by atoms with Crippen LogP contribution in [0.2, 0.25) is 0 Å². The Balaban J connectivity index is 1.12. The number of nitrogens with one attached hydrogen (secondary N) is 5. The first kappa shape index (κ1) is 37.1. The summed E-state index contributed by atoms with van der Waals surface area (Å²) in [4.78, 5) is 51.1. The van der Waals surface area contributed by atoms with Crippen molar-refractivity contribution in [1.29, 1.82) is 0 Å². The Morgan fingerprint density at radius 1 is 0.868 bits per heavy atom. The van der Waals surface area contributed by atoms with Crippen LogP contribution < -0.4 is 21.3 Å². The zero-order valence-corrected chi connectivity index (χ0v) is 29.7. The van der Waals surface area contributed by atoms with Gasteiger partial charge in [0.15, 0.2) is 0 Å². The summed E-state index contributed by atoms with van der Waals surface area (Å²) in [5.41, 5.74) is 5.62. The molecule has 53 heavy (non-hydrogen) atoms. The van der Waals surface area contributed by atoms with E-state index in [2.05, 4.69) is 41.9 Å². The number of aromatic amines is 1. The van der Waals surface area contributed by atoms with E-state index in [1.807, 2.05) is 49.4 Å². The first-order chi connectivity index (χ1) is 25.6. The van der Waals surface area contributed by atoms with Gasteiger partial charge in [0, 0.05) is 41.7 Å². The van der Waals surface area contributed by atoms with Crippen LogP contribution in [0.3, 0.4) is 0 Å². The minimum Gasteiger partial charge on any atom is -0.465 e. The maximum atomic E-state index is 13.7. The van der Waals surface area contributed by atoms with Crippen molar-refractivity contribution in [2.75, 3.05) is 11.9 Å².